The maximum Gasteiger partial charge on any atom is 0.573 e. The molecular weight excluding hydrogens is 287 g/mol. The minimum Gasteiger partial charge on any atom is -0.406 e. The Bertz CT molecular complexity index is 435. The van der Waals surface area contributed by atoms with Crippen molar-refractivity contribution in [2.75, 3.05) is 25.0 Å². The number of benzene rings is 1. The van der Waals surface area contributed by atoms with Crippen LogP contribution in [0.4, 0.5) is 23.7 Å². The lowest BCUT2D eigenvalue weighted by Crippen LogP contribution is -2.34. The Kier molecular flexibility index (Phi) is 6.80. The Morgan fingerprint density at radius 3 is 2.38 bits per heavy atom. The van der Waals surface area contributed by atoms with Gasteiger partial charge < -0.3 is 20.7 Å². The topological polar surface area (TPSA) is 62.4 Å². The lowest BCUT2D eigenvalue weighted by molar-refractivity contribution is -0.274. The second-order valence-corrected chi connectivity index (χ2v) is 4.20. The lowest BCUT2D eigenvalue weighted by atomic mass is 10.3. The predicted molar refractivity (Wildman–Crippen MR) is 73.3 cm³/mol. The first-order chi connectivity index (χ1) is 9.90. The summed E-state index contributed by atoms with van der Waals surface area (Å²) < 4.78 is 39.6. The van der Waals surface area contributed by atoms with Crippen molar-refractivity contribution in [2.45, 2.75) is 19.7 Å². The summed E-state index contributed by atoms with van der Waals surface area (Å²) in [5.74, 6) is -0.336. The third kappa shape index (κ3) is 8.03. The van der Waals surface area contributed by atoms with E-state index in [-0.39, 0.29) is 5.75 Å². The molecule has 0 saturated carbocycles. The van der Waals surface area contributed by atoms with Crippen LogP contribution in [0.15, 0.2) is 24.3 Å². The van der Waals surface area contributed by atoms with E-state index in [0.29, 0.717) is 18.8 Å². The third-order valence-corrected chi connectivity index (χ3v) is 2.36. The molecule has 0 heterocycles. The van der Waals surface area contributed by atoms with Crippen LogP contribution in [0, 0.1) is 0 Å². The van der Waals surface area contributed by atoms with Crippen LogP contribution in [-0.2, 0) is 0 Å². The first-order valence-corrected chi connectivity index (χ1v) is 6.52. The van der Waals surface area contributed by atoms with Gasteiger partial charge >= 0.3 is 12.4 Å². The van der Waals surface area contributed by atoms with Gasteiger partial charge in [0.2, 0.25) is 0 Å². The van der Waals surface area contributed by atoms with Crippen LogP contribution in [0.3, 0.4) is 0 Å². The largest absolute Gasteiger partial charge is 0.573 e. The van der Waals surface area contributed by atoms with E-state index in [0.717, 1.165) is 25.1 Å². The van der Waals surface area contributed by atoms with E-state index in [9.17, 15) is 18.0 Å². The summed E-state index contributed by atoms with van der Waals surface area (Å²) in [6.07, 6.45) is -3.71. The Morgan fingerprint density at radius 2 is 1.81 bits per heavy atom. The summed E-state index contributed by atoms with van der Waals surface area (Å²) in [6.45, 7) is 4.03. The molecule has 0 aliphatic heterocycles. The van der Waals surface area contributed by atoms with Gasteiger partial charge in [0.15, 0.2) is 0 Å². The molecule has 0 unspecified atom stereocenters. The Labute approximate surface area is 120 Å². The smallest absolute Gasteiger partial charge is 0.406 e. The molecule has 118 valence electrons. The molecule has 0 aliphatic rings. The highest BCUT2D eigenvalue weighted by Gasteiger charge is 2.30. The van der Waals surface area contributed by atoms with Crippen LogP contribution < -0.4 is 20.7 Å². The second-order valence-electron chi connectivity index (χ2n) is 4.20. The number of ether oxygens (including phenoxy) is 1. The molecule has 5 nitrogen and oxygen atoms in total. The number of carbonyl (C=O) groups excluding carboxylic acids is 1. The maximum absolute atomic E-state index is 12.0. The lowest BCUT2D eigenvalue weighted by Gasteiger charge is -2.10. The van der Waals surface area contributed by atoms with Crippen molar-refractivity contribution in [1.82, 2.24) is 10.6 Å². The van der Waals surface area contributed by atoms with Crippen LogP contribution in [0.2, 0.25) is 0 Å². The van der Waals surface area contributed by atoms with Crippen molar-refractivity contribution in [3.05, 3.63) is 24.3 Å². The van der Waals surface area contributed by atoms with E-state index >= 15 is 0 Å². The summed E-state index contributed by atoms with van der Waals surface area (Å²) in [6, 6.07) is 4.50. The number of alkyl halides is 3. The summed E-state index contributed by atoms with van der Waals surface area (Å²) in [4.78, 5) is 11.5. The van der Waals surface area contributed by atoms with Gasteiger partial charge in [-0.2, -0.15) is 0 Å². The molecule has 1 aromatic rings. The third-order valence-electron chi connectivity index (χ3n) is 2.36. The number of hydrogen-bond donors (Lipinski definition) is 3. The van der Waals surface area contributed by atoms with Crippen LogP contribution >= 0.6 is 0 Å². The minimum atomic E-state index is -4.72. The summed E-state index contributed by atoms with van der Waals surface area (Å²) in [5, 5.41) is 8.25. The van der Waals surface area contributed by atoms with Crippen LogP contribution in [0.1, 0.15) is 13.3 Å². The standard InChI is InChI=1S/C13H18F3N3O2/c1-2-7-17-8-9-18-12(20)19-10-3-5-11(6-4-10)21-13(14,15)16/h3-6,17H,2,7-9H2,1H3,(H2,18,19,20). The molecule has 0 aromatic heterocycles. The highest BCUT2D eigenvalue weighted by Crippen LogP contribution is 2.23. The molecule has 0 aliphatic carbocycles. The number of carbonyl (C=O) groups is 1. The molecule has 0 fully saturated rings. The van der Waals surface area contributed by atoms with Crippen LogP contribution in [0.25, 0.3) is 0 Å². The van der Waals surface area contributed by atoms with Gasteiger partial charge in [-0.25, -0.2) is 4.79 Å². The highest BCUT2D eigenvalue weighted by molar-refractivity contribution is 5.89. The first-order valence-electron chi connectivity index (χ1n) is 6.52. The summed E-state index contributed by atoms with van der Waals surface area (Å²) in [7, 11) is 0. The normalized spacial score (nSPS) is 11.0. The number of rotatable bonds is 7. The van der Waals surface area contributed by atoms with Crippen LogP contribution in [-0.4, -0.2) is 32.0 Å². The van der Waals surface area contributed by atoms with Crippen molar-refractivity contribution in [1.29, 1.82) is 0 Å². The highest BCUT2D eigenvalue weighted by atomic mass is 19.4. The van der Waals surface area contributed by atoms with E-state index in [2.05, 4.69) is 20.7 Å². The SMILES string of the molecule is CCCNCCNC(=O)Nc1ccc(OC(F)(F)F)cc1. The fourth-order valence-corrected chi connectivity index (χ4v) is 1.48. The van der Waals surface area contributed by atoms with Gasteiger partial charge in [0.05, 0.1) is 0 Å². The van der Waals surface area contributed by atoms with Crippen molar-refractivity contribution < 1.29 is 22.7 Å². The summed E-state index contributed by atoms with van der Waals surface area (Å²) in [5.41, 5.74) is 0.378. The average molecular weight is 305 g/mol. The van der Waals surface area contributed by atoms with E-state index in [1.807, 2.05) is 6.92 Å². The van der Waals surface area contributed by atoms with Crippen molar-refractivity contribution in [3.63, 3.8) is 0 Å². The fraction of sp³-hybridized carbons (Fsp3) is 0.462. The number of halogens is 3. The van der Waals surface area contributed by atoms with Crippen molar-refractivity contribution in [3.8, 4) is 5.75 Å². The Hall–Kier alpha value is -1.96. The number of amides is 2. The van der Waals surface area contributed by atoms with E-state index in [1.165, 1.54) is 12.1 Å². The molecule has 3 N–H and O–H groups in total. The zero-order valence-electron chi connectivity index (χ0n) is 11.6. The summed E-state index contributed by atoms with van der Waals surface area (Å²) >= 11 is 0. The van der Waals surface area contributed by atoms with E-state index < -0.39 is 12.4 Å². The van der Waals surface area contributed by atoms with Crippen molar-refractivity contribution in [2.24, 2.45) is 0 Å². The number of anilines is 1. The maximum atomic E-state index is 12.0. The number of hydrogen-bond acceptors (Lipinski definition) is 3. The molecule has 0 atom stereocenters. The minimum absolute atomic E-state index is 0.336. The Balaban J connectivity index is 2.33. The van der Waals surface area contributed by atoms with Gasteiger partial charge in [-0.05, 0) is 37.2 Å². The Morgan fingerprint density at radius 1 is 1.14 bits per heavy atom. The quantitative estimate of drug-likeness (QED) is 0.679. The van der Waals surface area contributed by atoms with Crippen molar-refractivity contribution >= 4 is 11.7 Å². The molecule has 1 rings (SSSR count). The molecule has 0 saturated heterocycles. The number of urea groups is 1. The molecular formula is C13H18F3N3O2. The fourth-order valence-electron chi connectivity index (χ4n) is 1.48. The molecule has 21 heavy (non-hydrogen) atoms. The molecule has 1 aromatic carbocycles. The first kappa shape index (κ1) is 17.1. The van der Waals surface area contributed by atoms with Gasteiger partial charge in [0.25, 0.3) is 0 Å². The molecule has 2 amide bonds. The zero-order valence-corrected chi connectivity index (χ0v) is 11.6. The van der Waals surface area contributed by atoms with Gasteiger partial charge in [0.1, 0.15) is 5.75 Å². The molecule has 0 radical (unpaired) electrons. The van der Waals surface area contributed by atoms with E-state index in [1.54, 1.807) is 0 Å². The van der Waals surface area contributed by atoms with Crippen LogP contribution in [0.5, 0.6) is 5.75 Å². The molecule has 0 spiro atoms. The van der Waals surface area contributed by atoms with Gasteiger partial charge in [-0.1, -0.05) is 6.92 Å². The second kappa shape index (κ2) is 8.35. The zero-order chi connectivity index (χ0) is 15.7. The molecule has 0 bridgehead atoms. The monoisotopic (exact) mass is 305 g/mol. The molecule has 8 heteroatoms. The van der Waals surface area contributed by atoms with Gasteiger partial charge in [-0.15, -0.1) is 13.2 Å². The predicted octanol–water partition coefficient (Wildman–Crippen LogP) is 2.71. The van der Waals surface area contributed by atoms with Gasteiger partial charge in [-0.3, -0.25) is 0 Å². The average Bonchev–Trinajstić information content (AvgIpc) is 2.39. The number of nitrogens with one attached hydrogen (secondary N) is 3. The van der Waals surface area contributed by atoms with E-state index in [4.69, 9.17) is 0 Å². The van der Waals surface area contributed by atoms with Gasteiger partial charge in [0, 0.05) is 18.8 Å².